The van der Waals surface area contributed by atoms with Crippen molar-refractivity contribution in [2.45, 2.75) is 58.0 Å². The molecule has 2 aliphatic rings. The highest BCUT2D eigenvalue weighted by atomic mass is 16.2. The Balaban J connectivity index is 1.71. The number of imidazole rings is 1. The predicted molar refractivity (Wildman–Crippen MR) is 96.5 cm³/mol. The van der Waals surface area contributed by atoms with Crippen molar-refractivity contribution in [1.29, 1.82) is 0 Å². The van der Waals surface area contributed by atoms with Gasteiger partial charge in [0, 0.05) is 32.8 Å². The number of nitrogens with zero attached hydrogens (tertiary/aromatic N) is 4. The van der Waals surface area contributed by atoms with Crippen molar-refractivity contribution in [1.82, 2.24) is 19.0 Å². The van der Waals surface area contributed by atoms with E-state index in [0.717, 1.165) is 24.1 Å². The molecule has 3 heterocycles. The van der Waals surface area contributed by atoms with Crippen LogP contribution in [0.5, 0.6) is 0 Å². The summed E-state index contributed by atoms with van der Waals surface area (Å²) in [7, 11) is 0. The molecule has 1 saturated heterocycles. The van der Waals surface area contributed by atoms with Crippen molar-refractivity contribution in [3.63, 3.8) is 0 Å². The van der Waals surface area contributed by atoms with Crippen molar-refractivity contribution < 1.29 is 4.79 Å². The predicted octanol–water partition coefficient (Wildman–Crippen LogP) is 2.57. The third-order valence-electron chi connectivity index (χ3n) is 5.86. The molecule has 1 atom stereocenters. The second-order valence-electron chi connectivity index (χ2n) is 7.52. The van der Waals surface area contributed by atoms with Crippen LogP contribution in [0.1, 0.15) is 51.5 Å². The SMILES string of the molecule is CC(=O)N1CC[C@@H](n2c(=O)n(CC3CCCCC3)c3cccnc32)C1. The van der Waals surface area contributed by atoms with E-state index in [4.69, 9.17) is 0 Å². The molecule has 134 valence electrons. The maximum Gasteiger partial charge on any atom is 0.330 e. The first kappa shape index (κ1) is 16.4. The zero-order valence-corrected chi connectivity index (χ0v) is 14.9. The van der Waals surface area contributed by atoms with Crippen LogP contribution in [0.4, 0.5) is 0 Å². The second-order valence-corrected chi connectivity index (χ2v) is 7.52. The van der Waals surface area contributed by atoms with Gasteiger partial charge in [-0.1, -0.05) is 19.3 Å². The zero-order chi connectivity index (χ0) is 17.4. The first-order valence-electron chi connectivity index (χ1n) is 9.46. The van der Waals surface area contributed by atoms with Crippen molar-refractivity contribution in [3.05, 3.63) is 28.8 Å². The molecule has 2 aromatic rings. The minimum Gasteiger partial charge on any atom is -0.341 e. The molecule has 0 bridgehead atoms. The lowest BCUT2D eigenvalue weighted by atomic mass is 9.89. The van der Waals surface area contributed by atoms with Gasteiger partial charge >= 0.3 is 5.69 Å². The molecular formula is C19H26N4O2. The lowest BCUT2D eigenvalue weighted by Gasteiger charge is -2.21. The van der Waals surface area contributed by atoms with E-state index in [1.165, 1.54) is 32.1 Å². The fourth-order valence-corrected chi connectivity index (χ4v) is 4.48. The van der Waals surface area contributed by atoms with Crippen LogP contribution >= 0.6 is 0 Å². The number of likely N-dealkylation sites (tertiary alicyclic amines) is 1. The van der Waals surface area contributed by atoms with Crippen molar-refractivity contribution in [2.75, 3.05) is 13.1 Å². The minimum absolute atomic E-state index is 0.0291. The number of hydrogen-bond acceptors (Lipinski definition) is 3. The van der Waals surface area contributed by atoms with Gasteiger partial charge in [0.05, 0.1) is 11.6 Å². The number of pyridine rings is 1. The fraction of sp³-hybridized carbons (Fsp3) is 0.632. The van der Waals surface area contributed by atoms with Gasteiger partial charge in [0.25, 0.3) is 0 Å². The van der Waals surface area contributed by atoms with E-state index in [1.807, 2.05) is 26.2 Å². The van der Waals surface area contributed by atoms with Gasteiger partial charge in [0.1, 0.15) is 0 Å². The number of amides is 1. The molecule has 0 spiro atoms. The summed E-state index contributed by atoms with van der Waals surface area (Å²) in [6.07, 6.45) is 8.85. The van der Waals surface area contributed by atoms with E-state index in [-0.39, 0.29) is 17.6 Å². The Bertz CT molecular complexity index is 832. The third-order valence-corrected chi connectivity index (χ3v) is 5.86. The molecule has 6 heteroatoms. The standard InChI is InChI=1S/C19H26N4O2/c1-14(24)21-11-9-16(13-21)23-18-17(8-5-10-20-18)22(19(23)25)12-15-6-3-2-4-7-15/h5,8,10,15-16H,2-4,6-7,9,11-13H2,1H3/t16-/m1/s1. The van der Waals surface area contributed by atoms with Gasteiger partial charge < -0.3 is 4.90 Å². The van der Waals surface area contributed by atoms with Gasteiger partial charge in [-0.15, -0.1) is 0 Å². The van der Waals surface area contributed by atoms with Crippen LogP contribution in [0.3, 0.4) is 0 Å². The normalized spacial score (nSPS) is 22.0. The molecular weight excluding hydrogens is 316 g/mol. The van der Waals surface area contributed by atoms with Gasteiger partial charge in [-0.05, 0) is 37.3 Å². The monoisotopic (exact) mass is 342 g/mol. The van der Waals surface area contributed by atoms with Crippen LogP contribution in [0.25, 0.3) is 11.2 Å². The zero-order valence-electron chi connectivity index (χ0n) is 14.9. The molecule has 1 aliphatic carbocycles. The van der Waals surface area contributed by atoms with E-state index in [9.17, 15) is 9.59 Å². The van der Waals surface area contributed by atoms with Crippen molar-refractivity contribution in [2.24, 2.45) is 5.92 Å². The Kier molecular flexibility index (Phi) is 4.36. The quantitative estimate of drug-likeness (QED) is 0.861. The summed E-state index contributed by atoms with van der Waals surface area (Å²) in [6, 6.07) is 3.93. The summed E-state index contributed by atoms with van der Waals surface area (Å²) in [6.45, 7) is 3.70. The highest BCUT2D eigenvalue weighted by molar-refractivity contribution is 5.74. The van der Waals surface area contributed by atoms with Crippen LogP contribution in [0, 0.1) is 5.92 Å². The summed E-state index contributed by atoms with van der Waals surface area (Å²) < 4.78 is 3.76. The number of aromatic nitrogens is 3. The molecule has 1 aliphatic heterocycles. The molecule has 0 N–H and O–H groups in total. The number of hydrogen-bond donors (Lipinski definition) is 0. The smallest absolute Gasteiger partial charge is 0.330 e. The molecule has 0 unspecified atom stereocenters. The number of carbonyl (C=O) groups is 1. The Labute approximate surface area is 147 Å². The maximum atomic E-state index is 13.2. The first-order chi connectivity index (χ1) is 12.1. The number of rotatable bonds is 3. The Morgan fingerprint density at radius 3 is 2.76 bits per heavy atom. The molecule has 0 radical (unpaired) electrons. The molecule has 4 rings (SSSR count). The first-order valence-corrected chi connectivity index (χ1v) is 9.46. The molecule has 6 nitrogen and oxygen atoms in total. The van der Waals surface area contributed by atoms with Crippen molar-refractivity contribution in [3.8, 4) is 0 Å². The topological polar surface area (TPSA) is 60.1 Å². The average molecular weight is 342 g/mol. The van der Waals surface area contributed by atoms with E-state index in [2.05, 4.69) is 4.98 Å². The minimum atomic E-state index is 0.0291. The van der Waals surface area contributed by atoms with E-state index >= 15 is 0 Å². The summed E-state index contributed by atoms with van der Waals surface area (Å²) in [5, 5.41) is 0. The lowest BCUT2D eigenvalue weighted by Crippen LogP contribution is -2.32. The van der Waals surface area contributed by atoms with E-state index in [0.29, 0.717) is 19.0 Å². The van der Waals surface area contributed by atoms with Gasteiger partial charge in [-0.2, -0.15) is 0 Å². The fourth-order valence-electron chi connectivity index (χ4n) is 4.48. The van der Waals surface area contributed by atoms with Gasteiger partial charge in [-0.3, -0.25) is 13.9 Å². The summed E-state index contributed by atoms with van der Waals surface area (Å²) in [5.41, 5.74) is 1.73. The molecule has 1 amide bonds. The molecule has 0 aromatic carbocycles. The average Bonchev–Trinajstić information content (AvgIpc) is 3.20. The summed E-state index contributed by atoms with van der Waals surface area (Å²) in [5.74, 6) is 0.664. The van der Waals surface area contributed by atoms with E-state index < -0.39 is 0 Å². The Morgan fingerprint density at radius 2 is 2.04 bits per heavy atom. The van der Waals surface area contributed by atoms with Crippen LogP contribution in [0.2, 0.25) is 0 Å². The van der Waals surface area contributed by atoms with Gasteiger partial charge in [0.2, 0.25) is 5.91 Å². The van der Waals surface area contributed by atoms with E-state index in [1.54, 1.807) is 13.1 Å². The van der Waals surface area contributed by atoms with Gasteiger partial charge in [-0.25, -0.2) is 9.78 Å². The van der Waals surface area contributed by atoms with Crippen LogP contribution in [0.15, 0.2) is 23.1 Å². The highest BCUT2D eigenvalue weighted by Gasteiger charge is 2.30. The third kappa shape index (κ3) is 2.98. The lowest BCUT2D eigenvalue weighted by molar-refractivity contribution is -0.127. The molecule has 2 aromatic heterocycles. The molecule has 2 fully saturated rings. The Hall–Kier alpha value is -2.11. The largest absolute Gasteiger partial charge is 0.341 e. The number of fused-ring (bicyclic) bond motifs is 1. The van der Waals surface area contributed by atoms with Crippen LogP contribution in [-0.4, -0.2) is 38.0 Å². The van der Waals surface area contributed by atoms with Crippen LogP contribution < -0.4 is 5.69 Å². The summed E-state index contributed by atoms with van der Waals surface area (Å²) >= 11 is 0. The van der Waals surface area contributed by atoms with Crippen LogP contribution in [-0.2, 0) is 11.3 Å². The summed E-state index contributed by atoms with van der Waals surface area (Å²) in [4.78, 5) is 31.2. The van der Waals surface area contributed by atoms with Crippen molar-refractivity contribution >= 4 is 17.1 Å². The Morgan fingerprint density at radius 1 is 1.24 bits per heavy atom. The second kappa shape index (κ2) is 6.65. The molecule has 1 saturated carbocycles. The van der Waals surface area contributed by atoms with Gasteiger partial charge in [0.15, 0.2) is 5.65 Å². The molecule has 25 heavy (non-hydrogen) atoms. The highest BCUT2D eigenvalue weighted by Crippen LogP contribution is 2.28. The number of carbonyl (C=O) groups excluding carboxylic acids is 1. The maximum absolute atomic E-state index is 13.2.